The third kappa shape index (κ3) is 2.31. The van der Waals surface area contributed by atoms with E-state index in [4.69, 9.17) is 6.42 Å². The number of benzene rings is 1. The van der Waals surface area contributed by atoms with Crippen molar-refractivity contribution < 1.29 is 13.2 Å². The van der Waals surface area contributed by atoms with Gasteiger partial charge in [-0.3, -0.25) is 0 Å². The van der Waals surface area contributed by atoms with E-state index in [-0.39, 0.29) is 5.56 Å². The number of rotatable bonds is 3. The summed E-state index contributed by atoms with van der Waals surface area (Å²) in [6.45, 7) is 2.29. The summed E-state index contributed by atoms with van der Waals surface area (Å²) < 4.78 is 38.8. The predicted molar refractivity (Wildman–Crippen MR) is 51.6 cm³/mol. The van der Waals surface area contributed by atoms with Gasteiger partial charge in [-0.25, -0.2) is 13.2 Å². The molecule has 0 amide bonds. The molecule has 0 aliphatic heterocycles. The standard InChI is InChI=1S/C11H10F3N/c1-3-9(15-4-2)7-5-6-8(12)11(14)10(7)13/h1,5-6,9,15H,4H2,2H3. The molecule has 1 atom stereocenters. The quantitative estimate of drug-likeness (QED) is 0.600. The van der Waals surface area contributed by atoms with Gasteiger partial charge < -0.3 is 5.32 Å². The van der Waals surface area contributed by atoms with Crippen LogP contribution in [0, 0.1) is 29.8 Å². The maximum atomic E-state index is 13.3. The van der Waals surface area contributed by atoms with Crippen molar-refractivity contribution in [2.45, 2.75) is 13.0 Å². The van der Waals surface area contributed by atoms with Crippen LogP contribution in [0.15, 0.2) is 12.1 Å². The Hall–Kier alpha value is -1.47. The Kier molecular flexibility index (Phi) is 3.75. The number of hydrogen-bond donors (Lipinski definition) is 1. The third-order valence-electron chi connectivity index (χ3n) is 1.95. The van der Waals surface area contributed by atoms with Crippen molar-refractivity contribution in [1.29, 1.82) is 0 Å². The normalized spacial score (nSPS) is 12.2. The number of nitrogens with one attached hydrogen (secondary N) is 1. The van der Waals surface area contributed by atoms with Crippen LogP contribution in [0.5, 0.6) is 0 Å². The van der Waals surface area contributed by atoms with Gasteiger partial charge >= 0.3 is 0 Å². The zero-order valence-corrected chi connectivity index (χ0v) is 8.15. The van der Waals surface area contributed by atoms with E-state index in [1.807, 2.05) is 0 Å². The fourth-order valence-electron chi connectivity index (χ4n) is 1.23. The van der Waals surface area contributed by atoms with Crippen molar-refractivity contribution in [3.8, 4) is 12.3 Å². The highest BCUT2D eigenvalue weighted by Crippen LogP contribution is 2.20. The lowest BCUT2D eigenvalue weighted by atomic mass is 10.1. The average Bonchev–Trinajstić information content (AvgIpc) is 2.24. The molecular formula is C11H10F3N. The second kappa shape index (κ2) is 4.85. The fraction of sp³-hybridized carbons (Fsp3) is 0.273. The SMILES string of the molecule is C#CC(NCC)c1ccc(F)c(F)c1F. The van der Waals surface area contributed by atoms with E-state index in [1.165, 1.54) is 0 Å². The van der Waals surface area contributed by atoms with Crippen LogP contribution in [0.4, 0.5) is 13.2 Å². The van der Waals surface area contributed by atoms with Crippen molar-refractivity contribution >= 4 is 0 Å². The van der Waals surface area contributed by atoms with Crippen LogP contribution in [0.25, 0.3) is 0 Å². The van der Waals surface area contributed by atoms with E-state index in [9.17, 15) is 13.2 Å². The third-order valence-corrected chi connectivity index (χ3v) is 1.95. The van der Waals surface area contributed by atoms with Crippen molar-refractivity contribution in [2.75, 3.05) is 6.54 Å². The minimum atomic E-state index is -1.49. The Morgan fingerprint density at radius 1 is 1.33 bits per heavy atom. The van der Waals surface area contributed by atoms with Crippen LogP contribution in [0.3, 0.4) is 0 Å². The van der Waals surface area contributed by atoms with Gasteiger partial charge in [-0.05, 0) is 12.6 Å². The molecule has 0 bridgehead atoms. The van der Waals surface area contributed by atoms with Crippen LogP contribution >= 0.6 is 0 Å². The van der Waals surface area contributed by atoms with Crippen LogP contribution in [0.2, 0.25) is 0 Å². The molecule has 0 saturated carbocycles. The van der Waals surface area contributed by atoms with Gasteiger partial charge in [0, 0.05) is 5.56 Å². The van der Waals surface area contributed by atoms with Gasteiger partial charge in [-0.1, -0.05) is 18.9 Å². The summed E-state index contributed by atoms with van der Waals surface area (Å²) in [5.74, 6) is -1.68. The van der Waals surface area contributed by atoms with E-state index < -0.39 is 23.5 Å². The Bertz CT molecular complexity index is 396. The van der Waals surface area contributed by atoms with Gasteiger partial charge in [0.2, 0.25) is 0 Å². The van der Waals surface area contributed by atoms with E-state index in [2.05, 4.69) is 11.2 Å². The summed E-state index contributed by atoms with van der Waals surface area (Å²) in [5, 5.41) is 2.77. The monoisotopic (exact) mass is 213 g/mol. The lowest BCUT2D eigenvalue weighted by Crippen LogP contribution is -2.21. The van der Waals surface area contributed by atoms with E-state index in [0.29, 0.717) is 6.54 Å². The van der Waals surface area contributed by atoms with Gasteiger partial charge in [0.15, 0.2) is 17.5 Å². The maximum absolute atomic E-state index is 13.3. The van der Waals surface area contributed by atoms with Crippen LogP contribution < -0.4 is 5.32 Å². The first kappa shape index (κ1) is 11.6. The van der Waals surface area contributed by atoms with Gasteiger partial charge in [0.25, 0.3) is 0 Å². The number of halogens is 3. The number of terminal acetylenes is 1. The fourth-order valence-corrected chi connectivity index (χ4v) is 1.23. The highest BCUT2D eigenvalue weighted by molar-refractivity contribution is 5.28. The average molecular weight is 213 g/mol. The zero-order valence-electron chi connectivity index (χ0n) is 8.15. The second-order valence-electron chi connectivity index (χ2n) is 2.92. The lowest BCUT2D eigenvalue weighted by molar-refractivity contribution is 0.435. The Balaban J connectivity index is 3.15. The summed E-state index contributed by atoms with van der Waals surface area (Å²) in [7, 11) is 0. The van der Waals surface area contributed by atoms with Crippen molar-refractivity contribution in [2.24, 2.45) is 0 Å². The van der Waals surface area contributed by atoms with Gasteiger partial charge in [-0.15, -0.1) is 6.42 Å². The summed E-state index contributed by atoms with van der Waals surface area (Å²) >= 11 is 0. The number of hydrogen-bond acceptors (Lipinski definition) is 1. The zero-order chi connectivity index (χ0) is 11.4. The van der Waals surface area contributed by atoms with Crippen molar-refractivity contribution in [3.05, 3.63) is 35.1 Å². The molecule has 0 aliphatic carbocycles. The first-order chi connectivity index (χ1) is 7.11. The van der Waals surface area contributed by atoms with Crippen LogP contribution in [0.1, 0.15) is 18.5 Å². The van der Waals surface area contributed by atoms with Crippen LogP contribution in [-0.2, 0) is 0 Å². The molecule has 1 unspecified atom stereocenters. The lowest BCUT2D eigenvalue weighted by Gasteiger charge is -2.13. The summed E-state index contributed by atoms with van der Waals surface area (Å²) in [5.41, 5.74) is -0.0572. The molecule has 0 aliphatic rings. The van der Waals surface area contributed by atoms with Gasteiger partial charge in [-0.2, -0.15) is 0 Å². The maximum Gasteiger partial charge on any atom is 0.194 e. The molecule has 4 heteroatoms. The second-order valence-corrected chi connectivity index (χ2v) is 2.92. The van der Waals surface area contributed by atoms with Crippen LogP contribution in [-0.4, -0.2) is 6.54 Å². The summed E-state index contributed by atoms with van der Waals surface area (Å²) in [6.07, 6.45) is 5.15. The topological polar surface area (TPSA) is 12.0 Å². The molecule has 0 aromatic heterocycles. The summed E-state index contributed by atoms with van der Waals surface area (Å²) in [6, 6.07) is 1.25. The molecule has 1 aromatic rings. The molecule has 15 heavy (non-hydrogen) atoms. The molecule has 0 radical (unpaired) electrons. The Morgan fingerprint density at radius 3 is 2.53 bits per heavy atom. The largest absolute Gasteiger partial charge is 0.300 e. The molecule has 0 fully saturated rings. The molecule has 80 valence electrons. The van der Waals surface area contributed by atoms with Crippen molar-refractivity contribution in [1.82, 2.24) is 5.32 Å². The minimum absolute atomic E-state index is 0.0572. The van der Waals surface area contributed by atoms with Gasteiger partial charge in [0.1, 0.15) is 0 Å². The van der Waals surface area contributed by atoms with Gasteiger partial charge in [0.05, 0.1) is 6.04 Å². The van der Waals surface area contributed by atoms with E-state index in [0.717, 1.165) is 12.1 Å². The smallest absolute Gasteiger partial charge is 0.194 e. The Morgan fingerprint density at radius 2 is 2.00 bits per heavy atom. The minimum Gasteiger partial charge on any atom is -0.300 e. The first-order valence-electron chi connectivity index (χ1n) is 4.44. The highest BCUT2D eigenvalue weighted by atomic mass is 19.2. The molecule has 0 spiro atoms. The molecule has 1 rings (SSSR count). The molecule has 0 heterocycles. The predicted octanol–water partition coefficient (Wildman–Crippen LogP) is 2.39. The highest BCUT2D eigenvalue weighted by Gasteiger charge is 2.18. The molecular weight excluding hydrogens is 203 g/mol. The molecule has 1 aromatic carbocycles. The molecule has 1 nitrogen and oxygen atoms in total. The Labute approximate surface area is 86.3 Å². The van der Waals surface area contributed by atoms with E-state index >= 15 is 0 Å². The molecule has 0 saturated heterocycles. The first-order valence-corrected chi connectivity index (χ1v) is 4.44. The van der Waals surface area contributed by atoms with Crippen molar-refractivity contribution in [3.63, 3.8) is 0 Å². The molecule has 1 N–H and O–H groups in total. The van der Waals surface area contributed by atoms with E-state index in [1.54, 1.807) is 6.92 Å². The summed E-state index contributed by atoms with van der Waals surface area (Å²) in [4.78, 5) is 0.